The molecule has 0 atom stereocenters. The van der Waals surface area contributed by atoms with E-state index in [-0.39, 0.29) is 0 Å². The van der Waals surface area contributed by atoms with Gasteiger partial charge in [-0.2, -0.15) is 0 Å². The molecule has 0 aliphatic rings. The standard InChI is InChI=1S/C4H6O/c1-2-3-4-5/h3H,2H2,1H3/i4-1. The first kappa shape index (κ1) is 4.45. The number of carbonyl (C=O) groups excluding carboxylic acids is 1. The lowest BCUT2D eigenvalue weighted by Crippen LogP contribution is -1.47. The molecule has 0 aliphatic carbocycles. The first-order valence-electron chi connectivity index (χ1n) is 1.61. The van der Waals surface area contributed by atoms with Crippen LogP contribution in [-0.2, 0) is 4.79 Å². The largest absolute Gasteiger partial charge is 0.234 e. The molecule has 0 radical (unpaired) electrons. The third-order valence-electron chi connectivity index (χ3n) is 0.287. The molecule has 28 valence electrons. The van der Waals surface area contributed by atoms with Crippen molar-refractivity contribution in [2.75, 3.05) is 0 Å². The van der Waals surface area contributed by atoms with Gasteiger partial charge in [0, 0.05) is 0 Å². The van der Waals surface area contributed by atoms with Gasteiger partial charge in [-0.3, -0.25) is 0 Å². The Morgan fingerprint density at radius 1 is 2.00 bits per heavy atom. The van der Waals surface area contributed by atoms with E-state index < -0.39 is 0 Å². The Labute approximate surface area is 31.3 Å². The maximum atomic E-state index is 9.22. The fraction of sp³-hybridized carbons (Fsp3) is 0.500. The molecule has 0 unspecified atom stereocenters. The van der Waals surface area contributed by atoms with Gasteiger partial charge in [-0.15, -0.1) is 0 Å². The van der Waals surface area contributed by atoms with E-state index in [1.165, 1.54) is 6.08 Å². The van der Waals surface area contributed by atoms with Crippen molar-refractivity contribution in [2.45, 2.75) is 13.3 Å². The summed E-state index contributed by atoms with van der Waals surface area (Å²) >= 11 is 0. The van der Waals surface area contributed by atoms with Gasteiger partial charge in [0.2, 0.25) is 0 Å². The summed E-state index contributed by atoms with van der Waals surface area (Å²) in [6, 6.07) is 0. The van der Waals surface area contributed by atoms with Gasteiger partial charge in [0.15, 0.2) is 0 Å². The maximum Gasteiger partial charge on any atom is 0.120 e. The van der Waals surface area contributed by atoms with E-state index in [1.807, 2.05) is 6.92 Å². The molecule has 5 heavy (non-hydrogen) atoms. The van der Waals surface area contributed by atoms with E-state index in [9.17, 15) is 4.79 Å². The van der Waals surface area contributed by atoms with E-state index in [0.29, 0.717) is 0 Å². The minimum absolute atomic E-state index is 0.795. The zero-order valence-electron chi connectivity index (χ0n) is 3.19. The third-order valence-corrected chi connectivity index (χ3v) is 0.287. The second-order valence-electron chi connectivity index (χ2n) is 0.730. The smallest absolute Gasteiger partial charge is 0.120 e. The molecule has 0 rings (SSSR count). The van der Waals surface area contributed by atoms with Crippen LogP contribution < -0.4 is 0 Å². The Morgan fingerprint density at radius 2 is 2.60 bits per heavy atom. The SMILES string of the molecule is CCC=[11C]=O. The van der Waals surface area contributed by atoms with Crippen LogP contribution in [0.3, 0.4) is 0 Å². The van der Waals surface area contributed by atoms with Crippen molar-refractivity contribution in [2.24, 2.45) is 0 Å². The Balaban J connectivity index is 2.93. The van der Waals surface area contributed by atoms with Crippen molar-refractivity contribution in [1.29, 1.82) is 0 Å². The van der Waals surface area contributed by atoms with Crippen molar-refractivity contribution < 1.29 is 4.79 Å². The molecule has 0 heterocycles. The average Bonchev–Trinajstić information content (AvgIpc) is 1.41. The summed E-state index contributed by atoms with van der Waals surface area (Å²) < 4.78 is 0. The van der Waals surface area contributed by atoms with Crippen LogP contribution in [0.15, 0.2) is 6.08 Å². The monoisotopic (exact) mass is 69.1 g/mol. The topological polar surface area (TPSA) is 17.1 Å². The quantitative estimate of drug-likeness (QED) is 0.416. The van der Waals surface area contributed by atoms with Crippen LogP contribution in [0.25, 0.3) is 0 Å². The number of hydrogen-bond acceptors (Lipinski definition) is 1. The average molecular weight is 69.1 g/mol. The summed E-state index contributed by atoms with van der Waals surface area (Å²) in [4.78, 5) is 9.22. The molecular weight excluding hydrogens is 63.0 g/mol. The zero-order chi connectivity index (χ0) is 4.12. The Bertz CT molecular complexity index is 50.7. The van der Waals surface area contributed by atoms with Crippen molar-refractivity contribution >= 4 is 5.94 Å². The summed E-state index contributed by atoms with van der Waals surface area (Å²) in [6.07, 6.45) is 2.24. The molecule has 0 amide bonds. The summed E-state index contributed by atoms with van der Waals surface area (Å²) in [5.41, 5.74) is 0. The highest BCUT2D eigenvalue weighted by Crippen LogP contribution is 1.65. The summed E-state index contributed by atoms with van der Waals surface area (Å²) in [5, 5.41) is 0. The fourth-order valence-electron chi connectivity index (χ4n) is 0.0833. The first-order valence-corrected chi connectivity index (χ1v) is 1.61. The molecule has 0 saturated heterocycles. The molecule has 0 bridgehead atoms. The van der Waals surface area contributed by atoms with E-state index in [2.05, 4.69) is 0 Å². The number of rotatable bonds is 1. The minimum Gasteiger partial charge on any atom is -0.234 e. The highest BCUT2D eigenvalue weighted by molar-refractivity contribution is 5.44. The molecule has 1 nitrogen and oxygen atoms in total. The van der Waals surface area contributed by atoms with Crippen LogP contribution in [0, 0.1) is 0 Å². The lowest BCUT2D eigenvalue weighted by atomic mass is 10.3. The van der Waals surface area contributed by atoms with Crippen molar-refractivity contribution in [1.82, 2.24) is 0 Å². The zero-order valence-corrected chi connectivity index (χ0v) is 3.19. The van der Waals surface area contributed by atoms with Crippen molar-refractivity contribution in [3.05, 3.63) is 6.08 Å². The molecule has 0 aromatic rings. The molecule has 1 heteroatoms. The molecule has 0 aromatic carbocycles. The number of allylic oxidation sites excluding steroid dienone is 1. The van der Waals surface area contributed by atoms with Gasteiger partial charge < -0.3 is 0 Å². The van der Waals surface area contributed by atoms with Gasteiger partial charge in [0.1, 0.15) is 5.94 Å². The van der Waals surface area contributed by atoms with Crippen LogP contribution >= 0.6 is 0 Å². The van der Waals surface area contributed by atoms with Gasteiger partial charge in [-0.05, 0) is 12.5 Å². The molecule has 0 fully saturated rings. The Morgan fingerprint density at radius 3 is 2.60 bits per heavy atom. The maximum absolute atomic E-state index is 9.22. The Hall–Kier alpha value is -0.550. The molecule has 0 aliphatic heterocycles. The van der Waals surface area contributed by atoms with Crippen molar-refractivity contribution in [3.8, 4) is 0 Å². The van der Waals surface area contributed by atoms with Gasteiger partial charge in [-0.25, -0.2) is 4.79 Å². The van der Waals surface area contributed by atoms with Crippen LogP contribution in [0.5, 0.6) is 0 Å². The van der Waals surface area contributed by atoms with Gasteiger partial charge in [0.25, 0.3) is 0 Å². The van der Waals surface area contributed by atoms with Crippen LogP contribution in [-0.4, -0.2) is 5.94 Å². The highest BCUT2D eigenvalue weighted by atomic mass is 16.1. The van der Waals surface area contributed by atoms with Crippen LogP contribution in [0.1, 0.15) is 13.3 Å². The second-order valence-corrected chi connectivity index (χ2v) is 0.730. The molecular formula is C4H6O. The lowest BCUT2D eigenvalue weighted by Gasteiger charge is -1.55. The predicted octanol–water partition coefficient (Wildman–Crippen LogP) is 0.784. The number of hydrogen-bond donors (Lipinski definition) is 0. The minimum atomic E-state index is 0.795. The predicted molar refractivity (Wildman–Crippen MR) is 20.6 cm³/mol. The highest BCUT2D eigenvalue weighted by Gasteiger charge is 1.53. The summed E-state index contributed by atoms with van der Waals surface area (Å²) in [7, 11) is 0. The van der Waals surface area contributed by atoms with E-state index in [4.69, 9.17) is 0 Å². The van der Waals surface area contributed by atoms with E-state index in [0.717, 1.165) is 6.42 Å². The van der Waals surface area contributed by atoms with Crippen LogP contribution in [0.4, 0.5) is 0 Å². The van der Waals surface area contributed by atoms with E-state index in [1.54, 1.807) is 5.94 Å². The summed E-state index contributed by atoms with van der Waals surface area (Å²) in [6.45, 7) is 1.89. The van der Waals surface area contributed by atoms with Crippen molar-refractivity contribution in [3.63, 3.8) is 0 Å². The molecule has 0 saturated carbocycles. The molecule has 0 aromatic heterocycles. The first-order chi connectivity index (χ1) is 2.41. The molecule has 0 N–H and O–H groups in total. The van der Waals surface area contributed by atoms with E-state index >= 15 is 0 Å². The van der Waals surface area contributed by atoms with Gasteiger partial charge in [0.05, 0.1) is 0 Å². The summed E-state index contributed by atoms with van der Waals surface area (Å²) in [5.74, 6) is 1.64. The van der Waals surface area contributed by atoms with Gasteiger partial charge in [-0.1, -0.05) is 6.92 Å². The fourth-order valence-corrected chi connectivity index (χ4v) is 0.0833. The third kappa shape index (κ3) is 3.45. The second kappa shape index (κ2) is 3.45. The molecule has 0 spiro atoms. The normalized spacial score (nSPS) is 5.80. The van der Waals surface area contributed by atoms with Crippen LogP contribution in [0.2, 0.25) is 0 Å². The van der Waals surface area contributed by atoms with Gasteiger partial charge >= 0.3 is 0 Å². The Kier molecular flexibility index (Phi) is 3.07. The lowest BCUT2D eigenvalue weighted by molar-refractivity contribution is 0.568.